The summed E-state index contributed by atoms with van der Waals surface area (Å²) in [7, 11) is 0. The third-order valence-corrected chi connectivity index (χ3v) is 1.01. The summed E-state index contributed by atoms with van der Waals surface area (Å²) in [5, 5.41) is 8.81. The first kappa shape index (κ1) is 11.1. The maximum absolute atomic E-state index is 8.81. The van der Waals surface area contributed by atoms with Crippen molar-refractivity contribution >= 4 is 12.4 Å². The Morgan fingerprint density at radius 2 is 1.88 bits per heavy atom. The van der Waals surface area contributed by atoms with Crippen molar-refractivity contribution in [2.45, 2.75) is 20.0 Å². The molecule has 0 aliphatic rings. The summed E-state index contributed by atoms with van der Waals surface area (Å²) in [5.41, 5.74) is 5.12. The molecule has 0 aromatic heterocycles. The molecule has 0 spiro atoms. The van der Waals surface area contributed by atoms with E-state index in [4.69, 9.17) is 10.8 Å². The van der Waals surface area contributed by atoms with E-state index in [2.05, 4.69) is 0 Å². The third-order valence-electron chi connectivity index (χ3n) is 1.01. The highest BCUT2D eigenvalue weighted by molar-refractivity contribution is 5.85. The average molecular weight is 140 g/mol. The van der Waals surface area contributed by atoms with Crippen LogP contribution in [0.15, 0.2) is 0 Å². The van der Waals surface area contributed by atoms with Gasteiger partial charge in [0.15, 0.2) is 0 Å². The molecule has 52 valence electrons. The van der Waals surface area contributed by atoms with Crippen LogP contribution in [-0.2, 0) is 0 Å². The van der Waals surface area contributed by atoms with E-state index in [9.17, 15) is 0 Å². The van der Waals surface area contributed by atoms with E-state index in [0.29, 0.717) is 12.5 Å². The fourth-order valence-corrected chi connectivity index (χ4v) is 0.272. The van der Waals surface area contributed by atoms with Crippen molar-refractivity contribution in [3.63, 3.8) is 0 Å². The highest BCUT2D eigenvalue weighted by Gasteiger charge is 2.03. The number of nitrogens with two attached hydrogens (primary N) is 1. The summed E-state index contributed by atoms with van der Waals surface area (Å²) >= 11 is 0. The lowest BCUT2D eigenvalue weighted by atomic mass is 10.1. The molecule has 3 N–H and O–H groups in total. The number of hydrogen-bond donors (Lipinski definition) is 2. The van der Waals surface area contributed by atoms with E-state index < -0.39 is 0 Å². The predicted octanol–water partition coefficient (Wildman–Crippen LogP) is 0.384. The summed E-state index contributed by atoms with van der Waals surface area (Å²) < 4.78 is 0. The Morgan fingerprint density at radius 1 is 1.50 bits per heavy atom. The largest absolute Gasteiger partial charge is 0.392 e. The first-order valence-corrected chi connectivity index (χ1v) is 2.56. The Labute approximate surface area is 56.5 Å². The van der Waals surface area contributed by atoms with E-state index in [1.54, 1.807) is 0 Å². The lowest BCUT2D eigenvalue weighted by molar-refractivity contribution is 0.133. The standard InChI is InChI=1S/C5H13NO.ClH/c1-4(2)5(7)3-6;/h4-5,7H,3,6H2,1-2H3;1H/t5-;/m1./s1. The van der Waals surface area contributed by atoms with Crippen molar-refractivity contribution in [1.29, 1.82) is 0 Å². The fraction of sp³-hybridized carbons (Fsp3) is 1.00. The molecular formula is C5H14ClNO. The predicted molar refractivity (Wildman–Crippen MR) is 37.1 cm³/mol. The van der Waals surface area contributed by atoms with Gasteiger partial charge in [0.2, 0.25) is 0 Å². The minimum Gasteiger partial charge on any atom is -0.392 e. The summed E-state index contributed by atoms with van der Waals surface area (Å²) in [6.45, 7) is 4.26. The number of hydrogen-bond acceptors (Lipinski definition) is 2. The molecule has 3 heteroatoms. The quantitative estimate of drug-likeness (QED) is 0.581. The van der Waals surface area contributed by atoms with Crippen molar-refractivity contribution in [2.75, 3.05) is 6.54 Å². The van der Waals surface area contributed by atoms with E-state index in [0.717, 1.165) is 0 Å². The summed E-state index contributed by atoms with van der Waals surface area (Å²) in [4.78, 5) is 0. The average Bonchev–Trinajstić information content (AvgIpc) is 1.65. The van der Waals surface area contributed by atoms with Crippen LogP contribution in [0.1, 0.15) is 13.8 Å². The van der Waals surface area contributed by atoms with Gasteiger partial charge in [-0.3, -0.25) is 0 Å². The van der Waals surface area contributed by atoms with Crippen LogP contribution in [0, 0.1) is 5.92 Å². The van der Waals surface area contributed by atoms with Gasteiger partial charge < -0.3 is 10.8 Å². The second-order valence-corrected chi connectivity index (χ2v) is 2.05. The van der Waals surface area contributed by atoms with Gasteiger partial charge >= 0.3 is 0 Å². The second-order valence-electron chi connectivity index (χ2n) is 2.05. The molecular weight excluding hydrogens is 126 g/mol. The van der Waals surface area contributed by atoms with Gasteiger partial charge in [-0.2, -0.15) is 0 Å². The molecule has 0 saturated heterocycles. The zero-order chi connectivity index (χ0) is 5.86. The van der Waals surface area contributed by atoms with Crippen LogP contribution in [0.5, 0.6) is 0 Å². The molecule has 0 heterocycles. The van der Waals surface area contributed by atoms with E-state index in [1.807, 2.05) is 13.8 Å². The molecule has 8 heavy (non-hydrogen) atoms. The lowest BCUT2D eigenvalue weighted by Crippen LogP contribution is -2.24. The third kappa shape index (κ3) is 4.37. The van der Waals surface area contributed by atoms with Crippen LogP contribution in [0.25, 0.3) is 0 Å². The first-order chi connectivity index (χ1) is 3.18. The molecule has 2 nitrogen and oxygen atoms in total. The van der Waals surface area contributed by atoms with Crippen LogP contribution in [0.2, 0.25) is 0 Å². The molecule has 0 aromatic carbocycles. The van der Waals surface area contributed by atoms with Crippen molar-refractivity contribution in [3.05, 3.63) is 0 Å². The van der Waals surface area contributed by atoms with Crippen LogP contribution >= 0.6 is 12.4 Å². The highest BCUT2D eigenvalue weighted by Crippen LogP contribution is 1.96. The Bertz CT molecular complexity index is 49.7. The maximum Gasteiger partial charge on any atom is 0.0685 e. The minimum absolute atomic E-state index is 0. The maximum atomic E-state index is 8.81. The normalized spacial score (nSPS) is 13.1. The van der Waals surface area contributed by atoms with Gasteiger partial charge in [0.05, 0.1) is 6.10 Å². The van der Waals surface area contributed by atoms with Gasteiger partial charge in [0.25, 0.3) is 0 Å². The second kappa shape index (κ2) is 5.35. The zero-order valence-corrected chi connectivity index (χ0v) is 6.11. The SMILES string of the molecule is CC(C)[C@H](O)CN.Cl. The topological polar surface area (TPSA) is 46.2 Å². The van der Waals surface area contributed by atoms with Gasteiger partial charge in [0.1, 0.15) is 0 Å². The smallest absolute Gasteiger partial charge is 0.0685 e. The first-order valence-electron chi connectivity index (χ1n) is 2.56. The molecule has 0 aliphatic heterocycles. The Balaban J connectivity index is 0. The zero-order valence-electron chi connectivity index (χ0n) is 5.29. The highest BCUT2D eigenvalue weighted by atomic mass is 35.5. The lowest BCUT2D eigenvalue weighted by Gasteiger charge is -2.09. The minimum atomic E-state index is -0.319. The van der Waals surface area contributed by atoms with Crippen LogP contribution in [0.4, 0.5) is 0 Å². The summed E-state index contributed by atoms with van der Waals surface area (Å²) in [5.74, 6) is 0.296. The molecule has 0 aliphatic carbocycles. The Kier molecular flexibility index (Phi) is 7.40. The van der Waals surface area contributed by atoms with E-state index >= 15 is 0 Å². The van der Waals surface area contributed by atoms with E-state index in [1.165, 1.54) is 0 Å². The molecule has 0 unspecified atom stereocenters. The van der Waals surface area contributed by atoms with Gasteiger partial charge in [-0.05, 0) is 5.92 Å². The Morgan fingerprint density at radius 3 is 1.88 bits per heavy atom. The van der Waals surface area contributed by atoms with Crippen LogP contribution in [0.3, 0.4) is 0 Å². The van der Waals surface area contributed by atoms with Gasteiger partial charge in [0, 0.05) is 6.54 Å². The molecule has 0 rings (SSSR count). The molecule has 0 saturated carbocycles. The van der Waals surface area contributed by atoms with Crippen molar-refractivity contribution in [3.8, 4) is 0 Å². The molecule has 0 aromatic rings. The molecule has 0 bridgehead atoms. The number of aliphatic hydroxyl groups excluding tert-OH is 1. The molecule has 0 radical (unpaired) electrons. The molecule has 1 atom stereocenters. The number of aliphatic hydroxyl groups is 1. The van der Waals surface area contributed by atoms with Crippen LogP contribution in [-0.4, -0.2) is 17.8 Å². The summed E-state index contributed by atoms with van der Waals surface area (Å²) in [6, 6.07) is 0. The van der Waals surface area contributed by atoms with Crippen LogP contribution < -0.4 is 5.73 Å². The van der Waals surface area contributed by atoms with Crippen molar-refractivity contribution in [1.82, 2.24) is 0 Å². The number of halogens is 1. The fourth-order valence-electron chi connectivity index (χ4n) is 0.272. The summed E-state index contributed by atoms with van der Waals surface area (Å²) in [6.07, 6.45) is -0.319. The van der Waals surface area contributed by atoms with Gasteiger partial charge in [-0.25, -0.2) is 0 Å². The van der Waals surface area contributed by atoms with Crippen molar-refractivity contribution < 1.29 is 5.11 Å². The monoisotopic (exact) mass is 139 g/mol. The number of rotatable bonds is 2. The Hall–Kier alpha value is 0.210. The van der Waals surface area contributed by atoms with Gasteiger partial charge in [-0.15, -0.1) is 12.4 Å². The molecule has 0 amide bonds. The van der Waals surface area contributed by atoms with Gasteiger partial charge in [-0.1, -0.05) is 13.8 Å². The van der Waals surface area contributed by atoms with Crippen molar-refractivity contribution in [2.24, 2.45) is 11.7 Å². The molecule has 0 fully saturated rings. The van der Waals surface area contributed by atoms with E-state index in [-0.39, 0.29) is 18.5 Å².